The molecule has 0 radical (unpaired) electrons. The van der Waals surface area contributed by atoms with Crippen molar-refractivity contribution in [2.75, 3.05) is 0 Å². The Morgan fingerprint density at radius 2 is 1.64 bits per heavy atom. The first-order valence-corrected chi connectivity index (χ1v) is 12.2. The van der Waals surface area contributed by atoms with Crippen LogP contribution in [0.4, 0.5) is 0 Å². The van der Waals surface area contributed by atoms with Gasteiger partial charge in [-0.3, -0.25) is 9.59 Å². The minimum atomic E-state index is 0.0358. The molecule has 0 bridgehead atoms. The predicted octanol–water partition coefficient (Wildman–Crippen LogP) is 6.47. The van der Waals surface area contributed by atoms with Crippen LogP contribution in [0.1, 0.15) is 98.8 Å². The highest BCUT2D eigenvalue weighted by Gasteiger charge is 2.66. The second-order valence-electron chi connectivity index (χ2n) is 12.0. The highest BCUT2D eigenvalue weighted by atomic mass is 16.1. The van der Waals surface area contributed by atoms with Gasteiger partial charge in [0, 0.05) is 24.7 Å². The van der Waals surface area contributed by atoms with Crippen LogP contribution in [0, 0.1) is 52.3 Å². The van der Waals surface area contributed by atoms with E-state index in [1.807, 2.05) is 0 Å². The molecule has 0 unspecified atom stereocenters. The second-order valence-corrected chi connectivity index (χ2v) is 12.0. The molecule has 2 nitrogen and oxygen atoms in total. The maximum absolute atomic E-state index is 13.6. The van der Waals surface area contributed by atoms with Gasteiger partial charge in [-0.05, 0) is 72.5 Å². The summed E-state index contributed by atoms with van der Waals surface area (Å²) in [5, 5.41) is 0. The second kappa shape index (κ2) is 7.24. The Kier molecular flexibility index (Phi) is 5.33. The molecule has 8 atom stereocenters. The summed E-state index contributed by atoms with van der Waals surface area (Å²) in [6, 6.07) is 0. The summed E-state index contributed by atoms with van der Waals surface area (Å²) < 4.78 is 0. The van der Waals surface area contributed by atoms with Crippen molar-refractivity contribution in [3.63, 3.8) is 0 Å². The van der Waals surface area contributed by atoms with Gasteiger partial charge in [0.25, 0.3) is 0 Å². The fourth-order valence-corrected chi connectivity index (χ4v) is 8.55. The molecule has 0 spiro atoms. The van der Waals surface area contributed by atoms with Gasteiger partial charge in [0.2, 0.25) is 0 Å². The van der Waals surface area contributed by atoms with E-state index in [0.717, 1.165) is 24.2 Å². The first-order valence-electron chi connectivity index (χ1n) is 12.2. The molecule has 4 fully saturated rings. The van der Waals surface area contributed by atoms with E-state index in [-0.39, 0.29) is 17.3 Å². The lowest BCUT2D eigenvalue weighted by molar-refractivity contribution is -0.134. The molecular weight excluding hydrogens is 344 g/mol. The molecule has 0 saturated heterocycles. The zero-order valence-electron chi connectivity index (χ0n) is 18.9. The number of hydrogen-bond acceptors (Lipinski definition) is 2. The van der Waals surface area contributed by atoms with E-state index in [1.54, 1.807) is 0 Å². The number of rotatable bonds is 5. The fourth-order valence-electron chi connectivity index (χ4n) is 8.55. The maximum atomic E-state index is 13.6. The minimum Gasteiger partial charge on any atom is -0.300 e. The summed E-state index contributed by atoms with van der Waals surface area (Å²) in [6.07, 6.45) is 11.4. The Labute approximate surface area is 172 Å². The summed E-state index contributed by atoms with van der Waals surface area (Å²) in [4.78, 5) is 25.7. The smallest absolute Gasteiger partial charge is 0.140 e. The van der Waals surface area contributed by atoms with Crippen molar-refractivity contribution in [1.82, 2.24) is 0 Å². The quantitative estimate of drug-likeness (QED) is 0.543. The van der Waals surface area contributed by atoms with Crippen LogP contribution < -0.4 is 0 Å². The molecule has 4 aliphatic rings. The van der Waals surface area contributed by atoms with Crippen molar-refractivity contribution in [2.24, 2.45) is 52.3 Å². The number of fused-ring (bicyclic) bond motifs is 5. The van der Waals surface area contributed by atoms with Gasteiger partial charge >= 0.3 is 0 Å². The number of carbonyl (C=O) groups is 2. The molecule has 0 aromatic carbocycles. The van der Waals surface area contributed by atoms with E-state index in [2.05, 4.69) is 34.6 Å². The Hall–Kier alpha value is -0.660. The molecular formula is C26H42O2. The van der Waals surface area contributed by atoms with Gasteiger partial charge < -0.3 is 0 Å². The Morgan fingerprint density at radius 3 is 2.36 bits per heavy atom. The molecule has 0 heterocycles. The van der Waals surface area contributed by atoms with Crippen molar-refractivity contribution >= 4 is 11.6 Å². The average Bonchev–Trinajstić information content (AvgIpc) is 3.08. The van der Waals surface area contributed by atoms with Gasteiger partial charge in [-0.15, -0.1) is 0 Å². The van der Waals surface area contributed by atoms with E-state index in [4.69, 9.17) is 0 Å². The zero-order valence-corrected chi connectivity index (χ0v) is 18.9. The van der Waals surface area contributed by atoms with Crippen LogP contribution in [0.5, 0.6) is 0 Å². The first-order chi connectivity index (χ1) is 13.2. The Bertz CT molecular complexity index is 636. The van der Waals surface area contributed by atoms with Gasteiger partial charge in [0.05, 0.1) is 0 Å². The van der Waals surface area contributed by atoms with E-state index in [1.165, 1.54) is 44.9 Å². The van der Waals surface area contributed by atoms with Gasteiger partial charge in [-0.1, -0.05) is 53.9 Å². The number of ketones is 2. The average molecular weight is 387 g/mol. The Balaban J connectivity index is 1.53. The Morgan fingerprint density at radius 1 is 0.929 bits per heavy atom. The molecule has 0 N–H and O–H groups in total. The van der Waals surface area contributed by atoms with Crippen LogP contribution in [-0.4, -0.2) is 11.6 Å². The molecule has 4 aliphatic carbocycles. The van der Waals surface area contributed by atoms with Gasteiger partial charge in [-0.25, -0.2) is 0 Å². The van der Waals surface area contributed by atoms with Crippen molar-refractivity contribution in [3.8, 4) is 0 Å². The van der Waals surface area contributed by atoms with Crippen molar-refractivity contribution in [2.45, 2.75) is 98.8 Å². The summed E-state index contributed by atoms with van der Waals surface area (Å²) in [5.41, 5.74) is 0.458. The lowest BCUT2D eigenvalue weighted by Crippen LogP contribution is -2.45. The third-order valence-corrected chi connectivity index (χ3v) is 10.2. The summed E-state index contributed by atoms with van der Waals surface area (Å²) in [7, 11) is 0. The third kappa shape index (κ3) is 3.03. The van der Waals surface area contributed by atoms with E-state index >= 15 is 0 Å². The molecule has 4 rings (SSSR count). The zero-order chi connectivity index (χ0) is 20.3. The molecule has 0 aromatic heterocycles. The topological polar surface area (TPSA) is 34.1 Å². The molecule has 158 valence electrons. The standard InChI is InChI=1S/C26H42O2/c1-16(2)7-6-8-17(3)19-9-10-20-23-21(12-14-25(19,20)4)26(5)13-11-18(27)15-22(26)24(23)28/h16-17,19-23H,6-15H2,1-5H3/t17-,19+,20-,21+,22+,23+,25+,26+/m0/s1. The van der Waals surface area contributed by atoms with Crippen LogP contribution in [0.2, 0.25) is 0 Å². The summed E-state index contributed by atoms with van der Waals surface area (Å²) in [5.74, 6) is 4.61. The van der Waals surface area contributed by atoms with Crippen LogP contribution in [0.25, 0.3) is 0 Å². The van der Waals surface area contributed by atoms with Crippen LogP contribution in [0.15, 0.2) is 0 Å². The van der Waals surface area contributed by atoms with Crippen LogP contribution >= 0.6 is 0 Å². The molecule has 0 aliphatic heterocycles. The lowest BCUT2D eigenvalue weighted by atomic mass is 9.53. The number of carbonyl (C=O) groups excluding carboxylic acids is 2. The third-order valence-electron chi connectivity index (χ3n) is 10.2. The van der Waals surface area contributed by atoms with E-state index in [0.29, 0.717) is 41.7 Å². The molecule has 0 aromatic rings. The molecule has 28 heavy (non-hydrogen) atoms. The van der Waals surface area contributed by atoms with Crippen molar-refractivity contribution < 1.29 is 9.59 Å². The highest BCUT2D eigenvalue weighted by Crippen LogP contribution is 2.69. The van der Waals surface area contributed by atoms with Crippen LogP contribution in [-0.2, 0) is 9.59 Å². The molecule has 0 amide bonds. The van der Waals surface area contributed by atoms with Gasteiger partial charge in [-0.2, -0.15) is 0 Å². The summed E-state index contributed by atoms with van der Waals surface area (Å²) >= 11 is 0. The molecule has 2 heteroatoms. The maximum Gasteiger partial charge on any atom is 0.140 e. The van der Waals surface area contributed by atoms with Crippen molar-refractivity contribution in [1.29, 1.82) is 0 Å². The minimum absolute atomic E-state index is 0.0358. The summed E-state index contributed by atoms with van der Waals surface area (Å²) in [6.45, 7) is 12.0. The SMILES string of the molecule is CC(C)CCC[C@H](C)[C@H]1CC[C@H]2[C@H]3C(=O)[C@H]4CC(=O)CC[C@]4(C)[C@@H]3CC[C@]12C. The monoisotopic (exact) mass is 386 g/mol. The molecule has 4 saturated carbocycles. The van der Waals surface area contributed by atoms with Gasteiger partial charge in [0.1, 0.15) is 11.6 Å². The highest BCUT2D eigenvalue weighted by molar-refractivity contribution is 5.93. The van der Waals surface area contributed by atoms with Crippen molar-refractivity contribution in [3.05, 3.63) is 0 Å². The van der Waals surface area contributed by atoms with E-state index < -0.39 is 0 Å². The predicted molar refractivity (Wildman–Crippen MR) is 114 cm³/mol. The number of Topliss-reactive ketones (excluding diaryl/α,β-unsaturated/α-hetero) is 2. The normalized spacial score (nSPS) is 46.4. The lowest BCUT2D eigenvalue weighted by Gasteiger charge is -2.50. The van der Waals surface area contributed by atoms with E-state index in [9.17, 15) is 9.59 Å². The van der Waals surface area contributed by atoms with Crippen LogP contribution in [0.3, 0.4) is 0 Å². The number of hydrogen-bond donors (Lipinski definition) is 0. The first kappa shape index (κ1) is 20.6. The van der Waals surface area contributed by atoms with Gasteiger partial charge in [0.15, 0.2) is 0 Å². The fraction of sp³-hybridized carbons (Fsp3) is 0.923. The largest absolute Gasteiger partial charge is 0.300 e.